The normalized spacial score (nSPS) is 19.0. The smallest absolute Gasteiger partial charge is 0.410 e. The molecule has 2 heterocycles. The lowest BCUT2D eigenvalue weighted by atomic mass is 10.1. The standard InChI is InChI=1S/C24H40N4O2/c1-2-28(24(29)30-22-23-10-5-3-6-11-23)15-9-14-26-17-20-27(21-18-26)19-16-25-12-7-4-8-13-25/h3,5-6,10-11H,2,4,7-9,12-22H2,1H3. The van der Waals surface area contributed by atoms with Gasteiger partial charge < -0.3 is 19.4 Å². The number of hydrogen-bond acceptors (Lipinski definition) is 5. The molecule has 0 atom stereocenters. The van der Waals surface area contributed by atoms with E-state index in [2.05, 4.69) is 14.7 Å². The zero-order valence-corrected chi connectivity index (χ0v) is 18.8. The molecule has 0 bridgehead atoms. The predicted octanol–water partition coefficient (Wildman–Crippen LogP) is 3.14. The topological polar surface area (TPSA) is 39.3 Å². The number of likely N-dealkylation sites (tertiary alicyclic amines) is 1. The second-order valence-corrected chi connectivity index (χ2v) is 8.56. The minimum absolute atomic E-state index is 0.205. The molecule has 0 aliphatic carbocycles. The number of piperazine rings is 1. The van der Waals surface area contributed by atoms with E-state index in [9.17, 15) is 4.79 Å². The number of ether oxygens (including phenoxy) is 1. The molecule has 3 rings (SSSR count). The Hall–Kier alpha value is -1.63. The Labute approximate surface area is 182 Å². The summed E-state index contributed by atoms with van der Waals surface area (Å²) in [5, 5.41) is 0. The van der Waals surface area contributed by atoms with E-state index in [0.29, 0.717) is 13.2 Å². The zero-order valence-electron chi connectivity index (χ0n) is 18.8. The Balaban J connectivity index is 1.26. The summed E-state index contributed by atoms with van der Waals surface area (Å²) < 4.78 is 5.48. The van der Waals surface area contributed by atoms with Crippen LogP contribution in [-0.4, -0.2) is 97.7 Å². The monoisotopic (exact) mass is 416 g/mol. The number of hydrogen-bond donors (Lipinski definition) is 0. The van der Waals surface area contributed by atoms with Gasteiger partial charge in [0.1, 0.15) is 6.61 Å². The lowest BCUT2D eigenvalue weighted by Crippen LogP contribution is -2.49. The summed E-state index contributed by atoms with van der Waals surface area (Å²) in [5.74, 6) is 0. The minimum Gasteiger partial charge on any atom is -0.445 e. The second kappa shape index (κ2) is 12.9. The number of rotatable bonds is 10. The number of carbonyl (C=O) groups excluding carboxylic acids is 1. The molecule has 30 heavy (non-hydrogen) atoms. The first kappa shape index (κ1) is 23.0. The first-order valence-corrected chi connectivity index (χ1v) is 11.9. The van der Waals surface area contributed by atoms with Crippen molar-refractivity contribution in [3.63, 3.8) is 0 Å². The molecule has 2 aliphatic heterocycles. The molecule has 2 aliphatic rings. The molecule has 0 unspecified atom stereocenters. The fourth-order valence-corrected chi connectivity index (χ4v) is 4.38. The molecular weight excluding hydrogens is 376 g/mol. The number of carbonyl (C=O) groups is 1. The van der Waals surface area contributed by atoms with E-state index >= 15 is 0 Å². The molecule has 1 aromatic carbocycles. The zero-order chi connectivity index (χ0) is 21.0. The van der Waals surface area contributed by atoms with Crippen molar-refractivity contribution < 1.29 is 9.53 Å². The summed E-state index contributed by atoms with van der Waals surface area (Å²) in [6.07, 6.45) is 4.96. The van der Waals surface area contributed by atoms with Crippen LogP contribution in [0.3, 0.4) is 0 Å². The Morgan fingerprint density at radius 2 is 1.47 bits per heavy atom. The van der Waals surface area contributed by atoms with Gasteiger partial charge in [0.15, 0.2) is 0 Å². The van der Waals surface area contributed by atoms with Crippen LogP contribution in [0.1, 0.15) is 38.2 Å². The third-order valence-electron chi connectivity index (χ3n) is 6.39. The summed E-state index contributed by atoms with van der Waals surface area (Å²) in [7, 11) is 0. The first-order chi connectivity index (χ1) is 14.7. The van der Waals surface area contributed by atoms with E-state index in [1.54, 1.807) is 0 Å². The highest BCUT2D eigenvalue weighted by Crippen LogP contribution is 2.10. The van der Waals surface area contributed by atoms with Gasteiger partial charge in [-0.1, -0.05) is 36.8 Å². The van der Waals surface area contributed by atoms with Gasteiger partial charge in [-0.15, -0.1) is 0 Å². The van der Waals surface area contributed by atoms with Gasteiger partial charge in [0.25, 0.3) is 0 Å². The second-order valence-electron chi connectivity index (χ2n) is 8.56. The molecule has 0 aromatic heterocycles. The number of nitrogens with zero attached hydrogens (tertiary/aromatic N) is 4. The highest BCUT2D eigenvalue weighted by molar-refractivity contribution is 5.67. The molecule has 0 radical (unpaired) electrons. The van der Waals surface area contributed by atoms with Gasteiger partial charge in [0.05, 0.1) is 0 Å². The van der Waals surface area contributed by atoms with Gasteiger partial charge in [-0.25, -0.2) is 4.79 Å². The van der Waals surface area contributed by atoms with E-state index in [4.69, 9.17) is 4.74 Å². The highest BCUT2D eigenvalue weighted by atomic mass is 16.6. The minimum atomic E-state index is -0.205. The lowest BCUT2D eigenvalue weighted by Gasteiger charge is -2.36. The first-order valence-electron chi connectivity index (χ1n) is 11.9. The summed E-state index contributed by atoms with van der Waals surface area (Å²) in [5.41, 5.74) is 1.03. The Morgan fingerprint density at radius 1 is 0.867 bits per heavy atom. The van der Waals surface area contributed by atoms with Crippen LogP contribution in [0.5, 0.6) is 0 Å². The molecule has 2 saturated heterocycles. The van der Waals surface area contributed by atoms with E-state index < -0.39 is 0 Å². The molecular formula is C24H40N4O2. The van der Waals surface area contributed by atoms with Crippen molar-refractivity contribution in [3.8, 4) is 0 Å². The van der Waals surface area contributed by atoms with Gasteiger partial charge in [-0.05, 0) is 51.4 Å². The van der Waals surface area contributed by atoms with Crippen molar-refractivity contribution in [2.24, 2.45) is 0 Å². The van der Waals surface area contributed by atoms with Crippen LogP contribution in [0, 0.1) is 0 Å². The van der Waals surface area contributed by atoms with Crippen molar-refractivity contribution in [2.45, 2.75) is 39.2 Å². The lowest BCUT2D eigenvalue weighted by molar-refractivity contribution is 0.0912. The molecule has 168 valence electrons. The maximum absolute atomic E-state index is 12.4. The van der Waals surface area contributed by atoms with Gasteiger partial charge in [-0.2, -0.15) is 0 Å². The van der Waals surface area contributed by atoms with Gasteiger partial charge >= 0.3 is 6.09 Å². The van der Waals surface area contributed by atoms with Crippen molar-refractivity contribution in [2.75, 3.05) is 72.0 Å². The third-order valence-corrected chi connectivity index (χ3v) is 6.39. The fourth-order valence-electron chi connectivity index (χ4n) is 4.38. The molecule has 0 saturated carbocycles. The Kier molecular flexibility index (Phi) is 9.93. The number of benzene rings is 1. The van der Waals surface area contributed by atoms with Crippen LogP contribution in [-0.2, 0) is 11.3 Å². The van der Waals surface area contributed by atoms with E-state index in [1.807, 2.05) is 42.2 Å². The molecule has 1 aromatic rings. The van der Waals surface area contributed by atoms with E-state index in [1.165, 1.54) is 58.5 Å². The Bertz CT molecular complexity index is 598. The fraction of sp³-hybridized carbons (Fsp3) is 0.708. The molecule has 1 amide bonds. The van der Waals surface area contributed by atoms with Crippen LogP contribution in [0.2, 0.25) is 0 Å². The average Bonchev–Trinajstić information content (AvgIpc) is 2.81. The van der Waals surface area contributed by atoms with Gasteiger partial charge in [-0.3, -0.25) is 4.90 Å². The van der Waals surface area contributed by atoms with Crippen molar-refractivity contribution in [1.82, 2.24) is 19.6 Å². The van der Waals surface area contributed by atoms with E-state index in [0.717, 1.165) is 38.2 Å². The molecule has 0 N–H and O–H groups in total. The van der Waals surface area contributed by atoms with E-state index in [-0.39, 0.29) is 6.09 Å². The largest absolute Gasteiger partial charge is 0.445 e. The van der Waals surface area contributed by atoms with Crippen LogP contribution in [0.25, 0.3) is 0 Å². The van der Waals surface area contributed by atoms with Crippen molar-refractivity contribution in [1.29, 1.82) is 0 Å². The third kappa shape index (κ3) is 7.89. The SMILES string of the molecule is CCN(CCCN1CCN(CCN2CCCCC2)CC1)C(=O)OCc1ccccc1. The quantitative estimate of drug-likeness (QED) is 0.586. The number of piperidine rings is 1. The summed E-state index contributed by atoms with van der Waals surface area (Å²) in [6.45, 7) is 14.5. The molecule has 6 heteroatoms. The Morgan fingerprint density at radius 3 is 2.10 bits per heavy atom. The highest BCUT2D eigenvalue weighted by Gasteiger charge is 2.19. The van der Waals surface area contributed by atoms with Crippen molar-refractivity contribution >= 4 is 6.09 Å². The van der Waals surface area contributed by atoms with Gasteiger partial charge in [0.2, 0.25) is 0 Å². The summed E-state index contributed by atoms with van der Waals surface area (Å²) in [4.78, 5) is 22.0. The molecule has 6 nitrogen and oxygen atoms in total. The maximum atomic E-state index is 12.4. The van der Waals surface area contributed by atoms with Crippen LogP contribution >= 0.6 is 0 Å². The molecule has 0 spiro atoms. The van der Waals surface area contributed by atoms with Crippen LogP contribution in [0.15, 0.2) is 30.3 Å². The van der Waals surface area contributed by atoms with Crippen molar-refractivity contribution in [3.05, 3.63) is 35.9 Å². The predicted molar refractivity (Wildman–Crippen MR) is 122 cm³/mol. The summed E-state index contributed by atoms with van der Waals surface area (Å²) in [6, 6.07) is 9.87. The van der Waals surface area contributed by atoms with Gasteiger partial charge in [0, 0.05) is 52.4 Å². The molecule has 2 fully saturated rings. The van der Waals surface area contributed by atoms with Crippen LogP contribution < -0.4 is 0 Å². The van der Waals surface area contributed by atoms with Crippen LogP contribution in [0.4, 0.5) is 4.79 Å². The summed E-state index contributed by atoms with van der Waals surface area (Å²) >= 11 is 0. The average molecular weight is 417 g/mol. The maximum Gasteiger partial charge on any atom is 0.410 e. The number of amides is 1.